The first-order valence-electron chi connectivity index (χ1n) is 35.0. The molecule has 11 rings (SSSR count). The number of carboxylic acids is 1. The van der Waals surface area contributed by atoms with Crippen LogP contribution in [0.4, 0.5) is 0 Å². The third kappa shape index (κ3) is 29.1. The number of pyridine rings is 4. The first-order chi connectivity index (χ1) is 54.7. The number of likely N-dealkylation sites (N-methyl/N-ethyl adjacent to an activating group) is 1. The van der Waals surface area contributed by atoms with Gasteiger partial charge in [-0.3, -0.25) is 38.9 Å². The Kier molecular flexibility index (Phi) is 40.6. The predicted octanol–water partition coefficient (Wildman–Crippen LogP) is 9.29. The Morgan fingerprint density at radius 1 is 0.603 bits per heavy atom. The number of aromatic carboxylic acids is 1. The molecule has 598 valence electrons. The molecule has 26 nitrogen and oxygen atoms in total. The summed E-state index contributed by atoms with van der Waals surface area (Å²) in [4.78, 5) is 120. The van der Waals surface area contributed by atoms with Gasteiger partial charge in [0.2, 0.25) is 11.8 Å². The molecule has 10 aromatic rings. The second-order valence-electron chi connectivity index (χ2n) is 25.1. The van der Waals surface area contributed by atoms with Crippen LogP contribution < -0.4 is 61.3 Å². The van der Waals surface area contributed by atoms with E-state index in [4.69, 9.17) is 94.1 Å². The number of carboxylic acid groups (broad SMARTS) is 1. The molecule has 0 saturated heterocycles. The molecule has 5 heterocycles. The number of amides is 2. The average molecular weight is 1690 g/mol. The number of hydrogen-bond acceptors (Lipinski definition) is 23. The predicted molar refractivity (Wildman–Crippen MR) is 436 cm³/mol. The van der Waals surface area contributed by atoms with Crippen molar-refractivity contribution >= 4 is 118 Å². The second-order valence-corrected chi connectivity index (χ2v) is 27.2. The largest absolute Gasteiger partial charge is 1.00 e. The summed E-state index contributed by atoms with van der Waals surface area (Å²) in [5.41, 5.74) is 20.1. The zero-order valence-electron chi connectivity index (χ0n) is 63.5. The minimum absolute atomic E-state index is 0. The fraction of sp³-hybridized carbons (Fsp3) is 0.217. The van der Waals surface area contributed by atoms with Crippen LogP contribution in [0.3, 0.4) is 0 Å². The van der Waals surface area contributed by atoms with Gasteiger partial charge in [-0.25, -0.2) is 19.4 Å². The van der Waals surface area contributed by atoms with Crippen molar-refractivity contribution in [3.05, 3.63) is 265 Å². The van der Waals surface area contributed by atoms with Crippen molar-refractivity contribution in [2.45, 2.75) is 51.1 Å². The first kappa shape index (κ1) is 96.2. The van der Waals surface area contributed by atoms with Gasteiger partial charge in [0.15, 0.2) is 17.3 Å². The van der Waals surface area contributed by atoms with Crippen LogP contribution in [0.1, 0.15) is 91.2 Å². The van der Waals surface area contributed by atoms with E-state index >= 15 is 0 Å². The number of ketones is 3. The van der Waals surface area contributed by atoms with Crippen molar-refractivity contribution in [1.82, 2.24) is 30.2 Å². The second kappa shape index (κ2) is 48.9. The summed E-state index contributed by atoms with van der Waals surface area (Å²) >= 11 is 28.6. The minimum atomic E-state index is -1.41. The number of benzene rings is 6. The van der Waals surface area contributed by atoms with Gasteiger partial charge in [-0.1, -0.05) is 126 Å². The molecule has 4 bridgehead atoms. The number of hydrogen-bond donors (Lipinski definition) is 7. The van der Waals surface area contributed by atoms with Crippen molar-refractivity contribution in [2.75, 3.05) is 54.2 Å². The van der Waals surface area contributed by atoms with Crippen molar-refractivity contribution in [3.63, 3.8) is 0 Å². The molecule has 10 N–H and O–H groups in total. The van der Waals surface area contributed by atoms with Crippen LogP contribution in [-0.4, -0.2) is 165 Å². The number of ether oxygens (including phenoxy) is 4. The van der Waals surface area contributed by atoms with E-state index in [-0.39, 0.29) is 116 Å². The van der Waals surface area contributed by atoms with E-state index in [0.717, 1.165) is 28.1 Å². The van der Waals surface area contributed by atoms with Gasteiger partial charge < -0.3 is 66.4 Å². The van der Waals surface area contributed by atoms with E-state index in [0.29, 0.717) is 81.3 Å². The molecule has 116 heavy (non-hydrogen) atoms. The molecule has 1 aliphatic rings. The fourth-order valence-electron chi connectivity index (χ4n) is 11.0. The van der Waals surface area contributed by atoms with Crippen LogP contribution in [-0.2, 0) is 35.1 Å². The number of esters is 2. The summed E-state index contributed by atoms with van der Waals surface area (Å²) in [6.07, 6.45) is 4.85. The summed E-state index contributed by atoms with van der Waals surface area (Å²) in [6.45, 7) is 1.57. The van der Waals surface area contributed by atoms with E-state index < -0.39 is 73.0 Å². The summed E-state index contributed by atoms with van der Waals surface area (Å²) in [5, 5.41) is 51.3. The Labute approximate surface area is 716 Å². The number of nitrogens with one attached hydrogen (secondary N) is 1. The molecule has 1 aliphatic heterocycles. The van der Waals surface area contributed by atoms with Crippen LogP contribution in [0.15, 0.2) is 207 Å². The summed E-state index contributed by atoms with van der Waals surface area (Å²) < 4.78 is 21.2. The van der Waals surface area contributed by atoms with Gasteiger partial charge >= 0.3 is 54.6 Å². The Morgan fingerprint density at radius 3 is 1.46 bits per heavy atom. The van der Waals surface area contributed by atoms with Crippen LogP contribution in [0, 0.1) is 23.2 Å². The van der Waals surface area contributed by atoms with E-state index in [1.807, 2.05) is 30.3 Å². The number of halogens is 5. The van der Waals surface area contributed by atoms with Gasteiger partial charge in [-0.2, -0.15) is 5.26 Å². The molecule has 6 aromatic carbocycles. The van der Waals surface area contributed by atoms with E-state index in [9.17, 15) is 48.7 Å². The maximum Gasteiger partial charge on any atom is 1.00 e. The van der Waals surface area contributed by atoms with Crippen molar-refractivity contribution in [1.29, 1.82) is 5.26 Å². The molecular formula is C83H80BCl5N9NaO17. The maximum atomic E-state index is 14.5. The van der Waals surface area contributed by atoms with Crippen LogP contribution >= 0.6 is 58.0 Å². The molecule has 33 heteroatoms. The van der Waals surface area contributed by atoms with Gasteiger partial charge in [0.25, 0.3) is 0 Å². The third-order valence-corrected chi connectivity index (χ3v) is 18.3. The molecule has 0 aliphatic carbocycles. The first-order valence-corrected chi connectivity index (χ1v) is 36.9. The quantitative estimate of drug-likeness (QED) is 0.0144. The Morgan fingerprint density at radius 2 is 1.04 bits per heavy atom. The number of aliphatic hydroxyl groups excluding tert-OH is 1. The van der Waals surface area contributed by atoms with E-state index in [2.05, 4.69) is 34.7 Å². The number of carbonyl (C=O) groups excluding carboxylic acids is 7. The Hall–Kier alpha value is -10.4. The smallest absolute Gasteiger partial charge is 0.870 e. The van der Waals surface area contributed by atoms with Crippen molar-refractivity contribution in [3.8, 4) is 62.5 Å². The van der Waals surface area contributed by atoms with Gasteiger partial charge in [-0.15, -0.1) is 0 Å². The normalized spacial score (nSPS) is 13.4. The van der Waals surface area contributed by atoms with Gasteiger partial charge in [0, 0.05) is 130 Å². The van der Waals surface area contributed by atoms with E-state index in [1.165, 1.54) is 63.1 Å². The molecule has 0 saturated carbocycles. The Bertz CT molecular complexity index is 4950. The van der Waals surface area contributed by atoms with Crippen LogP contribution in [0.5, 0.6) is 11.5 Å². The monoisotopic (exact) mass is 1680 g/mol. The van der Waals surface area contributed by atoms with Gasteiger partial charge in [-0.05, 0) is 144 Å². The molecule has 0 radical (unpaired) electrons. The van der Waals surface area contributed by atoms with Crippen LogP contribution in [0.25, 0.3) is 44.9 Å². The van der Waals surface area contributed by atoms with Crippen molar-refractivity contribution < 1.29 is 113 Å². The number of methoxy groups -OCH3 is 2. The summed E-state index contributed by atoms with van der Waals surface area (Å²) in [6, 6.07) is 50.9. The fourth-order valence-corrected chi connectivity index (χ4v) is 11.6. The molecular weight excluding hydrogens is 1610 g/mol. The van der Waals surface area contributed by atoms with E-state index in [1.54, 1.807) is 153 Å². The number of nitriles is 1. The third-order valence-electron chi connectivity index (χ3n) is 17.0. The summed E-state index contributed by atoms with van der Waals surface area (Å²) in [7, 11) is 2.66. The molecule has 4 aromatic heterocycles. The molecule has 0 fully saturated rings. The Balaban J connectivity index is 0.000000339. The van der Waals surface area contributed by atoms with Gasteiger partial charge in [0.1, 0.15) is 35.9 Å². The maximum absolute atomic E-state index is 14.5. The molecule has 0 unspecified atom stereocenters. The number of Topliss-reactive ketones (excluding diaryl/α,β-unsaturated/α-hetero) is 3. The number of rotatable bonds is 22. The summed E-state index contributed by atoms with van der Waals surface area (Å²) in [5.74, 6) is -5.70. The zero-order chi connectivity index (χ0) is 83.0. The van der Waals surface area contributed by atoms with Crippen molar-refractivity contribution in [2.24, 2.45) is 23.3 Å². The number of aliphatic hydroxyl groups is 1. The number of nitrogens with zero attached hydrogens (tertiary/aromatic N) is 6. The number of carbonyl (C=O) groups is 8. The standard InChI is InChI=1S/C45H49ClN6O8.C13H10ClNO2.C12H8ClNO2.C7H6ClNO2.C6H6BClO2.Na.H2O/c1-27-20-40(56)43(52(2)45(58)32(26-53)24-39(55)31-8-12-36(50-25-31)29-6-10-33(46)11-7-29)30-9-14-42(60-19-17-49)35(23-30)34-21-28(5-13-41(34)59-18-16-48)22-37(51-44(27)57)38(54)4-3-15-47;1-17-13(16)10-4-7-12(15-8-10)9-2-5-11(14)6-3-9;13-10-4-1-8(2-5-10)11-6-3-9(7-14-11)12(15)16;1-11-7(10)5-2-3-6(8)9-4-5;8-6-3-1-5(2-4-6)7(9)10;;/h5-14,21,23,25,27,32,37,43,53H,3-4,16-20,22,24,26,48-49H2,1-2H3,(H,51,57);2-8H,1H3;1-7H,(H,15,16);2-4H,1H3;1-4,9-10H;;1H2/q;;;;;+1;/p-1/t27-,32+,37+,43+;;;;;;/m1....../s1. The topological polar surface area (TPSA) is 427 Å². The zero-order valence-corrected chi connectivity index (χ0v) is 69.2. The molecule has 4 atom stereocenters. The minimum Gasteiger partial charge on any atom is -0.870 e. The van der Waals surface area contributed by atoms with Gasteiger partial charge in [0.05, 0.1) is 72.6 Å². The van der Waals surface area contributed by atoms with Crippen LogP contribution in [0.2, 0.25) is 25.2 Å². The number of aromatic nitrogens is 4. The number of nitrogens with two attached hydrogens (primary N) is 2. The SMILES string of the molecule is COC(=O)c1ccc(-c2ccc(Cl)cc2)nc1.COC(=O)c1ccc(Cl)nc1.C[C@@H]1CC(=O)[C@@H](N(C)C(=O)[C@H](CO)CC(=O)c2ccc(-c3ccc(Cl)cc3)nc2)c2ccc(OCCN)c(c2)-c2cc(ccc2OCCN)C[C@@H](C(=O)CCC#N)NC1=O.O=C(O)c1ccc(-c2ccc(Cl)cc2)nc1.OB(O)c1ccc(Cl)cc1.[Na+].[OH-]. The number of fused-ring (bicyclic) bond motifs is 5. The molecule has 2 amide bonds. The average Bonchev–Trinajstić information content (AvgIpc) is 0.777. The molecule has 0 spiro atoms.